The van der Waals surface area contributed by atoms with Crippen molar-refractivity contribution in [2.24, 2.45) is 5.92 Å². The predicted octanol–water partition coefficient (Wildman–Crippen LogP) is 10.9. The van der Waals surface area contributed by atoms with E-state index in [0.29, 0.717) is 43.1 Å². The Morgan fingerprint density at radius 2 is 1.23 bits per heavy atom. The first-order valence-corrected chi connectivity index (χ1v) is 27.9. The van der Waals surface area contributed by atoms with Crippen molar-refractivity contribution in [3.8, 4) is 0 Å². The SMILES string of the molecule is CCCCCCCCCCCCCCCCCCCCCCCC(=O)OC[C@H](COP(=O)([O-])OCC[N+](C)(C)C)OC(=O)CCC/C=C\C[C@H]1[C@@H](O)CC(O)O[C@@H]1/C=C/[C@@H](O)CCCCC. The van der Waals surface area contributed by atoms with Gasteiger partial charge in [0.05, 0.1) is 46.1 Å². The van der Waals surface area contributed by atoms with Crippen LogP contribution >= 0.6 is 7.82 Å². The maximum absolute atomic E-state index is 12.9. The Hall–Kier alpha value is -1.67. The molecule has 13 nitrogen and oxygen atoms in total. The molecule has 1 rings (SSSR count). The van der Waals surface area contributed by atoms with Crippen molar-refractivity contribution >= 4 is 19.8 Å². The average molecular weight is 960 g/mol. The number of quaternary nitrogens is 1. The monoisotopic (exact) mass is 960 g/mol. The van der Waals surface area contributed by atoms with Crippen LogP contribution in [-0.2, 0) is 37.4 Å². The lowest BCUT2D eigenvalue weighted by Gasteiger charge is -2.36. The van der Waals surface area contributed by atoms with Crippen molar-refractivity contribution in [3.63, 3.8) is 0 Å². The largest absolute Gasteiger partial charge is 0.756 e. The minimum absolute atomic E-state index is 0.0336. The molecule has 0 saturated carbocycles. The maximum atomic E-state index is 12.9. The van der Waals surface area contributed by atoms with Gasteiger partial charge in [-0.05, 0) is 32.1 Å². The van der Waals surface area contributed by atoms with Gasteiger partial charge in [-0.1, -0.05) is 186 Å². The molecule has 0 aromatic heterocycles. The van der Waals surface area contributed by atoms with E-state index in [9.17, 15) is 34.4 Å². The van der Waals surface area contributed by atoms with Crippen molar-refractivity contribution < 1.29 is 62.1 Å². The molecule has 1 aliphatic rings. The predicted molar refractivity (Wildman–Crippen MR) is 262 cm³/mol. The number of unbranched alkanes of at least 4 members (excludes halogenated alkanes) is 23. The molecule has 0 aromatic rings. The standard InChI is InChI=1S/C52H98NO12P/c1-6-8-10-11-12-13-14-15-16-17-18-19-20-21-22-23-24-25-26-27-32-36-50(56)61-43-46(44-63-66(59,60)62-41-40-53(3,4)5)64-51(57)37-33-29-28-31-35-47-48(55)42-52(58)65-49(47)39-38-45(54)34-30-9-7-2/h28,31,38-39,45-49,52,54-55,58H,6-27,29-30,32-37,40-44H2,1-5H3/b31-28-,39-38+/t45-,46+,47-,48-,49+,52?/m0/s1. The van der Waals surface area contributed by atoms with Gasteiger partial charge in [0.25, 0.3) is 7.82 Å². The van der Waals surface area contributed by atoms with Crippen LogP contribution in [0.4, 0.5) is 0 Å². The number of hydrogen-bond donors (Lipinski definition) is 3. The zero-order valence-electron chi connectivity index (χ0n) is 42.4. The van der Waals surface area contributed by atoms with Crippen LogP contribution in [-0.4, -0.2) is 110 Å². The summed E-state index contributed by atoms with van der Waals surface area (Å²) in [6.07, 6.45) is 35.4. The third-order valence-corrected chi connectivity index (χ3v) is 13.2. The van der Waals surface area contributed by atoms with Crippen LogP contribution in [0.2, 0.25) is 0 Å². The molecule has 7 atom stereocenters. The van der Waals surface area contributed by atoms with Crippen LogP contribution in [0.3, 0.4) is 0 Å². The molecule has 0 amide bonds. The first kappa shape index (κ1) is 62.3. The quantitative estimate of drug-likeness (QED) is 0.0173. The minimum Gasteiger partial charge on any atom is -0.756 e. The molecule has 388 valence electrons. The molecule has 0 aromatic carbocycles. The number of likely N-dealkylation sites (N-methyl/N-ethyl adjacent to an activating group) is 1. The van der Waals surface area contributed by atoms with E-state index < -0.39 is 57.1 Å². The summed E-state index contributed by atoms with van der Waals surface area (Å²) in [5.74, 6) is -1.34. The van der Waals surface area contributed by atoms with Gasteiger partial charge in [-0.25, -0.2) is 0 Å². The highest BCUT2D eigenvalue weighted by atomic mass is 31.2. The van der Waals surface area contributed by atoms with E-state index in [4.69, 9.17) is 23.3 Å². The second-order valence-corrected chi connectivity index (χ2v) is 21.2. The Morgan fingerprint density at radius 3 is 1.77 bits per heavy atom. The molecule has 0 radical (unpaired) electrons. The summed E-state index contributed by atoms with van der Waals surface area (Å²) in [6, 6.07) is 0. The molecule has 0 bridgehead atoms. The zero-order chi connectivity index (χ0) is 48.7. The van der Waals surface area contributed by atoms with E-state index in [1.807, 2.05) is 33.3 Å². The van der Waals surface area contributed by atoms with E-state index in [-0.39, 0.29) is 38.4 Å². The number of aliphatic hydroxyl groups is 3. The Morgan fingerprint density at radius 1 is 0.712 bits per heavy atom. The lowest BCUT2D eigenvalue weighted by atomic mass is 9.87. The van der Waals surface area contributed by atoms with Gasteiger partial charge in [-0.3, -0.25) is 14.2 Å². The van der Waals surface area contributed by atoms with Gasteiger partial charge in [0.15, 0.2) is 12.4 Å². The fraction of sp³-hybridized carbons (Fsp3) is 0.885. The van der Waals surface area contributed by atoms with E-state index in [1.165, 1.54) is 109 Å². The second kappa shape index (κ2) is 40.1. The third kappa shape index (κ3) is 37.3. The Balaban J connectivity index is 2.40. The summed E-state index contributed by atoms with van der Waals surface area (Å²) in [4.78, 5) is 38.0. The van der Waals surface area contributed by atoms with Gasteiger partial charge in [0.1, 0.15) is 19.8 Å². The maximum Gasteiger partial charge on any atom is 0.306 e. The Bertz CT molecular complexity index is 1290. The number of carbonyl (C=O) groups is 2. The van der Waals surface area contributed by atoms with Crippen molar-refractivity contribution in [1.29, 1.82) is 0 Å². The fourth-order valence-corrected chi connectivity index (χ4v) is 8.78. The van der Waals surface area contributed by atoms with Crippen LogP contribution in [0.5, 0.6) is 0 Å². The summed E-state index contributed by atoms with van der Waals surface area (Å²) in [7, 11) is 1.01. The van der Waals surface area contributed by atoms with Crippen LogP contribution < -0.4 is 4.89 Å². The van der Waals surface area contributed by atoms with Crippen molar-refractivity contribution in [1.82, 2.24) is 0 Å². The smallest absolute Gasteiger partial charge is 0.306 e. The molecule has 1 heterocycles. The van der Waals surface area contributed by atoms with E-state index in [1.54, 1.807) is 12.2 Å². The van der Waals surface area contributed by atoms with E-state index in [2.05, 4.69) is 13.8 Å². The molecular formula is C52H98NO12P. The number of hydrogen-bond acceptors (Lipinski definition) is 12. The lowest BCUT2D eigenvalue weighted by molar-refractivity contribution is -0.870. The van der Waals surface area contributed by atoms with Crippen LogP contribution in [0.1, 0.15) is 213 Å². The highest BCUT2D eigenvalue weighted by molar-refractivity contribution is 7.45. The van der Waals surface area contributed by atoms with Gasteiger partial charge in [-0.2, -0.15) is 0 Å². The number of carbonyl (C=O) groups excluding carboxylic acids is 2. The summed E-state index contributed by atoms with van der Waals surface area (Å²) in [5.41, 5.74) is 0. The van der Waals surface area contributed by atoms with Gasteiger partial charge < -0.3 is 48.0 Å². The van der Waals surface area contributed by atoms with Crippen LogP contribution in [0.25, 0.3) is 0 Å². The summed E-state index contributed by atoms with van der Waals surface area (Å²) < 4.78 is 39.7. The molecule has 1 saturated heterocycles. The molecule has 0 spiro atoms. The Kier molecular flexibility index (Phi) is 37.9. The van der Waals surface area contributed by atoms with E-state index in [0.717, 1.165) is 38.5 Å². The normalized spacial score (nSPS) is 19.9. The van der Waals surface area contributed by atoms with Gasteiger partial charge in [-0.15, -0.1) is 0 Å². The third-order valence-electron chi connectivity index (χ3n) is 12.3. The number of aliphatic hydroxyl groups excluding tert-OH is 3. The fourth-order valence-electron chi connectivity index (χ4n) is 8.05. The topological polar surface area (TPSA) is 181 Å². The molecule has 0 aliphatic carbocycles. The molecule has 2 unspecified atom stereocenters. The van der Waals surface area contributed by atoms with Crippen molar-refractivity contribution in [3.05, 3.63) is 24.3 Å². The molecular weight excluding hydrogens is 862 g/mol. The highest BCUT2D eigenvalue weighted by Gasteiger charge is 2.35. The van der Waals surface area contributed by atoms with Gasteiger partial charge in [0.2, 0.25) is 0 Å². The molecule has 14 heteroatoms. The highest BCUT2D eigenvalue weighted by Crippen LogP contribution is 2.38. The minimum atomic E-state index is -4.71. The van der Waals surface area contributed by atoms with Crippen LogP contribution in [0.15, 0.2) is 24.3 Å². The second-order valence-electron chi connectivity index (χ2n) is 19.8. The number of nitrogens with zero attached hydrogens (tertiary/aromatic N) is 1. The lowest BCUT2D eigenvalue weighted by Crippen LogP contribution is -2.43. The molecule has 1 aliphatic heterocycles. The van der Waals surface area contributed by atoms with Gasteiger partial charge >= 0.3 is 11.9 Å². The van der Waals surface area contributed by atoms with Crippen LogP contribution in [0, 0.1) is 5.92 Å². The number of phosphoric ester groups is 1. The number of ether oxygens (including phenoxy) is 3. The number of esters is 2. The van der Waals surface area contributed by atoms with E-state index >= 15 is 0 Å². The number of allylic oxidation sites excluding steroid dienone is 2. The summed E-state index contributed by atoms with van der Waals surface area (Å²) in [6.45, 7) is 3.84. The van der Waals surface area contributed by atoms with Crippen molar-refractivity contribution in [2.75, 3.05) is 47.5 Å². The number of phosphoric acid groups is 1. The first-order chi connectivity index (χ1) is 31.7. The molecule has 1 fully saturated rings. The average Bonchev–Trinajstić information content (AvgIpc) is 3.25. The summed E-state index contributed by atoms with van der Waals surface area (Å²) >= 11 is 0. The number of rotatable bonds is 44. The zero-order valence-corrected chi connectivity index (χ0v) is 43.3. The first-order valence-electron chi connectivity index (χ1n) is 26.4. The van der Waals surface area contributed by atoms with Crippen molar-refractivity contribution in [2.45, 2.75) is 244 Å². The summed E-state index contributed by atoms with van der Waals surface area (Å²) in [5, 5.41) is 31.1. The Labute approximate surface area is 402 Å². The van der Waals surface area contributed by atoms with Gasteiger partial charge in [0, 0.05) is 25.2 Å². The molecule has 66 heavy (non-hydrogen) atoms. The molecule has 3 N–H and O–H groups in total.